The highest BCUT2D eigenvalue weighted by atomic mass is 16.5. The van der Waals surface area contributed by atoms with Crippen molar-refractivity contribution >= 4 is 28.9 Å². The summed E-state index contributed by atoms with van der Waals surface area (Å²) in [5.74, 6) is -0.567. The molecule has 0 aliphatic heterocycles. The number of ether oxygens (including phenoxy) is 2. The van der Waals surface area contributed by atoms with Gasteiger partial charge in [0.25, 0.3) is 0 Å². The SMILES string of the molecule is COc1c(C(=O)C(/C=C/c2ccccc2)=C/c2cccc(O)c2)c(O)c(OC)c2occc12. The van der Waals surface area contributed by atoms with Gasteiger partial charge < -0.3 is 24.1 Å². The monoisotopic (exact) mass is 442 g/mol. The van der Waals surface area contributed by atoms with Crippen molar-refractivity contribution in [1.82, 2.24) is 0 Å². The number of hydrogen-bond acceptors (Lipinski definition) is 6. The maximum atomic E-state index is 13.8. The molecule has 6 nitrogen and oxygen atoms in total. The van der Waals surface area contributed by atoms with Crippen molar-refractivity contribution < 1.29 is 28.9 Å². The van der Waals surface area contributed by atoms with Crippen LogP contribution >= 0.6 is 0 Å². The largest absolute Gasteiger partial charge is 0.508 e. The number of phenolic OH excluding ortho intramolecular Hbond substituents is 2. The van der Waals surface area contributed by atoms with E-state index in [9.17, 15) is 15.0 Å². The predicted molar refractivity (Wildman–Crippen MR) is 127 cm³/mol. The van der Waals surface area contributed by atoms with E-state index in [-0.39, 0.29) is 39.7 Å². The summed E-state index contributed by atoms with van der Waals surface area (Å²) in [6.45, 7) is 0. The van der Waals surface area contributed by atoms with E-state index in [1.807, 2.05) is 30.3 Å². The molecule has 2 N–H and O–H groups in total. The van der Waals surface area contributed by atoms with Crippen LogP contribution in [0.3, 0.4) is 0 Å². The topological polar surface area (TPSA) is 89.1 Å². The van der Waals surface area contributed by atoms with E-state index in [0.29, 0.717) is 10.9 Å². The lowest BCUT2D eigenvalue weighted by molar-refractivity contribution is 0.103. The molecule has 166 valence electrons. The minimum atomic E-state index is -0.485. The Labute approximate surface area is 190 Å². The Balaban J connectivity index is 1.91. The van der Waals surface area contributed by atoms with Crippen molar-refractivity contribution in [2.24, 2.45) is 0 Å². The Morgan fingerprint density at radius 2 is 1.64 bits per heavy atom. The molecule has 0 radical (unpaired) electrons. The minimum absolute atomic E-state index is 0.0443. The number of rotatable bonds is 7. The molecule has 4 aromatic rings. The number of phenols is 2. The summed E-state index contributed by atoms with van der Waals surface area (Å²) in [7, 11) is 2.81. The second-order valence-corrected chi connectivity index (χ2v) is 7.22. The molecule has 0 spiro atoms. The molecule has 4 rings (SSSR count). The predicted octanol–water partition coefficient (Wildman–Crippen LogP) is 5.84. The maximum absolute atomic E-state index is 13.8. The van der Waals surface area contributed by atoms with Crippen molar-refractivity contribution in [3.05, 3.63) is 95.3 Å². The Kier molecular flexibility index (Phi) is 6.17. The molecule has 0 aliphatic carbocycles. The van der Waals surface area contributed by atoms with E-state index in [1.54, 1.807) is 48.6 Å². The van der Waals surface area contributed by atoms with E-state index in [2.05, 4.69) is 0 Å². The van der Waals surface area contributed by atoms with Gasteiger partial charge in [0.15, 0.2) is 11.3 Å². The second-order valence-electron chi connectivity index (χ2n) is 7.22. The molecular formula is C27H22O6. The van der Waals surface area contributed by atoms with E-state index < -0.39 is 5.78 Å². The fraction of sp³-hybridized carbons (Fsp3) is 0.0741. The van der Waals surface area contributed by atoms with E-state index in [1.165, 1.54) is 20.5 Å². The van der Waals surface area contributed by atoms with Crippen molar-refractivity contribution in [3.8, 4) is 23.0 Å². The number of fused-ring (bicyclic) bond motifs is 1. The average molecular weight is 442 g/mol. The van der Waals surface area contributed by atoms with Crippen LogP contribution in [0.1, 0.15) is 21.5 Å². The first kappa shape index (κ1) is 21.8. The number of benzene rings is 3. The van der Waals surface area contributed by atoms with Gasteiger partial charge in [0, 0.05) is 5.57 Å². The maximum Gasteiger partial charge on any atom is 0.205 e. The summed E-state index contributed by atoms with van der Waals surface area (Å²) in [5, 5.41) is 21.3. The zero-order chi connectivity index (χ0) is 23.4. The third-order valence-corrected chi connectivity index (χ3v) is 5.14. The van der Waals surface area contributed by atoms with E-state index in [0.717, 1.165) is 5.56 Å². The van der Waals surface area contributed by atoms with Crippen LogP contribution in [-0.2, 0) is 0 Å². The van der Waals surface area contributed by atoms with Crippen LogP contribution in [0.15, 0.2) is 83.0 Å². The smallest absolute Gasteiger partial charge is 0.205 e. The molecular weight excluding hydrogens is 420 g/mol. The third-order valence-electron chi connectivity index (χ3n) is 5.14. The summed E-state index contributed by atoms with van der Waals surface area (Å²) in [5.41, 5.74) is 2.01. The molecule has 1 heterocycles. The van der Waals surface area contributed by atoms with Gasteiger partial charge in [0.1, 0.15) is 17.1 Å². The molecule has 0 amide bonds. The lowest BCUT2D eigenvalue weighted by atomic mass is 9.96. The number of hydrogen-bond donors (Lipinski definition) is 2. The molecule has 0 aliphatic rings. The highest BCUT2D eigenvalue weighted by Gasteiger charge is 2.28. The van der Waals surface area contributed by atoms with Gasteiger partial charge >= 0.3 is 0 Å². The van der Waals surface area contributed by atoms with Crippen molar-refractivity contribution in [3.63, 3.8) is 0 Å². The highest BCUT2D eigenvalue weighted by molar-refractivity contribution is 6.19. The zero-order valence-electron chi connectivity index (χ0n) is 18.1. The third kappa shape index (κ3) is 4.32. The van der Waals surface area contributed by atoms with E-state index >= 15 is 0 Å². The van der Waals surface area contributed by atoms with Crippen LogP contribution in [0.5, 0.6) is 23.0 Å². The molecule has 6 heteroatoms. The number of ketones is 1. The molecule has 0 saturated heterocycles. The van der Waals surface area contributed by atoms with Crippen molar-refractivity contribution in [2.75, 3.05) is 14.2 Å². The first-order chi connectivity index (χ1) is 16.0. The fourth-order valence-corrected chi connectivity index (χ4v) is 3.62. The normalized spacial score (nSPS) is 11.8. The molecule has 0 atom stereocenters. The molecule has 33 heavy (non-hydrogen) atoms. The van der Waals surface area contributed by atoms with Crippen LogP contribution in [0.2, 0.25) is 0 Å². The summed E-state index contributed by atoms with van der Waals surface area (Å²) < 4.78 is 16.3. The first-order valence-electron chi connectivity index (χ1n) is 10.2. The van der Waals surface area contributed by atoms with Gasteiger partial charge in [-0.15, -0.1) is 0 Å². The Hall–Kier alpha value is -4.45. The number of furan rings is 1. The second kappa shape index (κ2) is 9.36. The van der Waals surface area contributed by atoms with Gasteiger partial charge in [-0.2, -0.15) is 0 Å². The standard InChI is InChI=1S/C27H22O6/c1-31-25-21-13-14-33-26(21)27(32-2)24(30)22(25)23(29)19(12-11-17-7-4-3-5-8-17)15-18-9-6-10-20(28)16-18/h3-16,28,30H,1-2H3/b12-11+,19-15+. The number of Topliss-reactive ketones (excluding diaryl/α,β-unsaturated/α-hetero) is 1. The Bertz CT molecular complexity index is 1360. The number of carbonyl (C=O) groups is 1. The van der Waals surface area contributed by atoms with E-state index in [4.69, 9.17) is 13.9 Å². The Morgan fingerprint density at radius 1 is 0.909 bits per heavy atom. The number of allylic oxidation sites excluding steroid dienone is 2. The van der Waals surface area contributed by atoms with Gasteiger partial charge in [0.2, 0.25) is 11.5 Å². The first-order valence-corrected chi connectivity index (χ1v) is 10.2. The number of carbonyl (C=O) groups excluding carboxylic acids is 1. The van der Waals surface area contributed by atoms with Gasteiger partial charge in [0.05, 0.1) is 25.9 Å². The summed E-state index contributed by atoms with van der Waals surface area (Å²) in [6.07, 6.45) is 6.52. The summed E-state index contributed by atoms with van der Waals surface area (Å²) >= 11 is 0. The Morgan fingerprint density at radius 3 is 2.33 bits per heavy atom. The van der Waals surface area contributed by atoms with Crippen LogP contribution < -0.4 is 9.47 Å². The summed E-state index contributed by atoms with van der Waals surface area (Å²) in [4.78, 5) is 13.8. The van der Waals surface area contributed by atoms with Crippen LogP contribution in [0.25, 0.3) is 23.1 Å². The van der Waals surface area contributed by atoms with Gasteiger partial charge in [-0.25, -0.2) is 0 Å². The average Bonchev–Trinajstić information content (AvgIpc) is 3.30. The van der Waals surface area contributed by atoms with Crippen molar-refractivity contribution in [2.45, 2.75) is 0 Å². The zero-order valence-corrected chi connectivity index (χ0v) is 18.1. The number of aromatic hydroxyl groups is 2. The highest BCUT2D eigenvalue weighted by Crippen LogP contribution is 2.46. The van der Waals surface area contributed by atoms with Crippen LogP contribution in [0, 0.1) is 0 Å². The molecule has 0 saturated carbocycles. The molecule has 0 bridgehead atoms. The molecule has 1 aromatic heterocycles. The quantitative estimate of drug-likeness (QED) is 0.212. The van der Waals surface area contributed by atoms with Crippen LogP contribution in [-0.4, -0.2) is 30.2 Å². The minimum Gasteiger partial charge on any atom is -0.508 e. The van der Waals surface area contributed by atoms with Gasteiger partial charge in [-0.1, -0.05) is 54.6 Å². The van der Waals surface area contributed by atoms with Crippen molar-refractivity contribution in [1.29, 1.82) is 0 Å². The number of methoxy groups -OCH3 is 2. The van der Waals surface area contributed by atoms with Gasteiger partial charge in [-0.3, -0.25) is 4.79 Å². The lowest BCUT2D eigenvalue weighted by Crippen LogP contribution is -2.06. The molecule has 0 fully saturated rings. The van der Waals surface area contributed by atoms with Crippen LogP contribution in [0.4, 0.5) is 0 Å². The fourth-order valence-electron chi connectivity index (χ4n) is 3.62. The molecule has 0 unspecified atom stereocenters. The molecule has 3 aromatic carbocycles. The van der Waals surface area contributed by atoms with Gasteiger partial charge in [-0.05, 0) is 35.4 Å². The summed E-state index contributed by atoms with van der Waals surface area (Å²) in [6, 6.07) is 17.7. The lowest BCUT2D eigenvalue weighted by Gasteiger charge is -2.14.